The van der Waals surface area contributed by atoms with Gasteiger partial charge in [0.2, 0.25) is 0 Å². The fraction of sp³-hybridized carbons (Fsp3) is 0.400. The van der Waals surface area contributed by atoms with Crippen molar-refractivity contribution < 1.29 is 55.2 Å². The van der Waals surface area contributed by atoms with E-state index in [4.69, 9.17) is 17.5 Å². The molecule has 0 unspecified atom stereocenters. The van der Waals surface area contributed by atoms with Crippen LogP contribution < -0.4 is 37.7 Å². The van der Waals surface area contributed by atoms with E-state index in [9.17, 15) is 0 Å². The molecule has 0 N–H and O–H groups in total. The van der Waals surface area contributed by atoms with Gasteiger partial charge in [-0.05, 0) is 11.0 Å². The van der Waals surface area contributed by atoms with Crippen LogP contribution >= 0.6 is 0 Å². The van der Waals surface area contributed by atoms with Gasteiger partial charge in [-0.2, -0.15) is 0 Å². The van der Waals surface area contributed by atoms with Crippen molar-refractivity contribution in [3.8, 4) is 0 Å². The van der Waals surface area contributed by atoms with Crippen LogP contribution in [0.3, 0.4) is 0 Å². The molecule has 0 spiro atoms. The Balaban J connectivity index is -0.000000247. The van der Waals surface area contributed by atoms with E-state index in [1.807, 2.05) is 0 Å². The van der Waals surface area contributed by atoms with Crippen molar-refractivity contribution in [3.05, 3.63) is 35.9 Å². The first-order valence-corrected chi connectivity index (χ1v) is 5.66. The molecule has 1 aromatic rings. The van der Waals surface area contributed by atoms with Crippen molar-refractivity contribution in [2.75, 3.05) is 0 Å². The Morgan fingerprint density at radius 2 is 1.24 bits per heavy atom. The summed E-state index contributed by atoms with van der Waals surface area (Å²) < 4.78 is 34.1. The van der Waals surface area contributed by atoms with Crippen LogP contribution in [-0.4, -0.2) is 17.5 Å². The van der Waals surface area contributed by atoms with Crippen molar-refractivity contribution in [1.82, 2.24) is 0 Å². The van der Waals surface area contributed by atoms with Gasteiger partial charge in [0.05, 0.1) is 0 Å². The van der Waals surface area contributed by atoms with Crippen molar-refractivity contribution >= 4 is 10.4 Å². The summed E-state index contributed by atoms with van der Waals surface area (Å²) in [6.45, 7) is 6.67. The molecule has 0 aromatic heterocycles. The van der Waals surface area contributed by atoms with Gasteiger partial charge in [-0.3, -0.25) is 8.42 Å². The van der Waals surface area contributed by atoms with E-state index in [-0.39, 0.29) is 37.7 Å². The first-order chi connectivity index (χ1) is 6.61. The molecule has 0 aliphatic rings. The van der Waals surface area contributed by atoms with E-state index in [2.05, 4.69) is 51.1 Å². The van der Waals surface area contributed by atoms with Crippen LogP contribution in [0.4, 0.5) is 0 Å². The van der Waals surface area contributed by atoms with Crippen molar-refractivity contribution in [1.29, 1.82) is 0 Å². The first kappa shape index (κ1) is 22.5. The molecule has 0 atom stereocenters. The van der Waals surface area contributed by atoms with Gasteiger partial charge in [0, 0.05) is 10.4 Å². The molecule has 0 bridgehead atoms. The first-order valence-electron chi connectivity index (χ1n) is 4.33. The summed E-state index contributed by atoms with van der Waals surface area (Å²) in [6.07, 6.45) is 0. The molecule has 0 heterocycles. The number of hydrogen-bond acceptors (Lipinski definition) is 4. The summed E-state index contributed by atoms with van der Waals surface area (Å²) in [4.78, 5) is 0. The molecule has 0 amide bonds. The van der Waals surface area contributed by atoms with Gasteiger partial charge >= 0.3 is 37.7 Å². The predicted molar refractivity (Wildman–Crippen MR) is 55.6 cm³/mol. The van der Waals surface area contributed by atoms with Crippen LogP contribution in [0.1, 0.15) is 26.3 Å². The molecular formula is C10H14Li2O4S. The summed E-state index contributed by atoms with van der Waals surface area (Å²) in [5.74, 6) is 0. The predicted octanol–water partition coefficient (Wildman–Crippen LogP) is -4.35. The summed E-state index contributed by atoms with van der Waals surface area (Å²) >= 11 is 0. The van der Waals surface area contributed by atoms with E-state index in [1.54, 1.807) is 0 Å². The molecule has 17 heavy (non-hydrogen) atoms. The van der Waals surface area contributed by atoms with E-state index in [0.29, 0.717) is 5.41 Å². The minimum absolute atomic E-state index is 0. The maximum atomic E-state index is 8.52. The van der Waals surface area contributed by atoms with E-state index < -0.39 is 10.4 Å². The van der Waals surface area contributed by atoms with Crippen LogP contribution in [-0.2, 0) is 15.8 Å². The van der Waals surface area contributed by atoms with Gasteiger partial charge in [0.1, 0.15) is 0 Å². The molecule has 0 saturated carbocycles. The van der Waals surface area contributed by atoms with E-state index in [0.717, 1.165) is 0 Å². The molecule has 4 nitrogen and oxygen atoms in total. The van der Waals surface area contributed by atoms with Gasteiger partial charge in [-0.25, -0.2) is 0 Å². The van der Waals surface area contributed by atoms with Crippen molar-refractivity contribution in [2.45, 2.75) is 26.2 Å². The Morgan fingerprint density at radius 1 is 0.941 bits per heavy atom. The van der Waals surface area contributed by atoms with Crippen LogP contribution in [0.5, 0.6) is 0 Å². The second-order valence-electron chi connectivity index (χ2n) is 4.02. The van der Waals surface area contributed by atoms with Crippen LogP contribution in [0.25, 0.3) is 0 Å². The Bertz CT molecular complexity index is 377. The topological polar surface area (TPSA) is 80.3 Å². The Hall–Kier alpha value is 0.285. The minimum Gasteiger partial charge on any atom is -0.759 e. The Labute approximate surface area is 127 Å². The van der Waals surface area contributed by atoms with Gasteiger partial charge in [0.15, 0.2) is 0 Å². The fourth-order valence-corrected chi connectivity index (χ4v) is 0.938. The molecule has 86 valence electrons. The SMILES string of the molecule is CC(C)(C)c1ccccc1.O=S(=O)([O-])[O-].[Li+].[Li+]. The smallest absolute Gasteiger partial charge is 0.759 e. The van der Waals surface area contributed by atoms with Crippen molar-refractivity contribution in [2.24, 2.45) is 0 Å². The quantitative estimate of drug-likeness (QED) is 0.262. The maximum absolute atomic E-state index is 8.52. The fourth-order valence-electron chi connectivity index (χ4n) is 0.938. The maximum Gasteiger partial charge on any atom is 1.00 e. The molecule has 0 aliphatic carbocycles. The molecular weight excluding hydrogens is 230 g/mol. The van der Waals surface area contributed by atoms with Gasteiger partial charge in [-0.1, -0.05) is 51.1 Å². The number of benzene rings is 1. The summed E-state index contributed by atoms with van der Waals surface area (Å²) in [5, 5.41) is 0. The Kier molecular flexibility index (Phi) is 12.2. The van der Waals surface area contributed by atoms with Crippen LogP contribution in [0.15, 0.2) is 30.3 Å². The molecule has 7 heteroatoms. The normalized spacial score (nSPS) is 10.2. The minimum atomic E-state index is -5.17. The van der Waals surface area contributed by atoms with Gasteiger partial charge in [-0.15, -0.1) is 0 Å². The van der Waals surface area contributed by atoms with Crippen molar-refractivity contribution in [3.63, 3.8) is 0 Å². The third kappa shape index (κ3) is 16.3. The molecule has 0 aliphatic heterocycles. The molecule has 1 aromatic carbocycles. The average Bonchev–Trinajstić information content (AvgIpc) is 2.01. The zero-order valence-corrected chi connectivity index (χ0v) is 11.7. The zero-order chi connectivity index (χ0) is 12.1. The largest absolute Gasteiger partial charge is 1.00 e. The molecule has 1 rings (SSSR count). The monoisotopic (exact) mass is 244 g/mol. The molecule has 0 radical (unpaired) electrons. The average molecular weight is 244 g/mol. The second kappa shape index (κ2) is 9.25. The van der Waals surface area contributed by atoms with Gasteiger partial charge in [0.25, 0.3) is 0 Å². The molecule has 0 fully saturated rings. The third-order valence-electron chi connectivity index (χ3n) is 1.64. The van der Waals surface area contributed by atoms with Crippen LogP contribution in [0.2, 0.25) is 0 Å². The van der Waals surface area contributed by atoms with Crippen LogP contribution in [0, 0.1) is 0 Å². The zero-order valence-electron chi connectivity index (χ0n) is 10.9. The third-order valence-corrected chi connectivity index (χ3v) is 1.64. The number of hydrogen-bond donors (Lipinski definition) is 0. The second-order valence-corrected chi connectivity index (χ2v) is 4.84. The molecule has 0 saturated heterocycles. The summed E-state index contributed by atoms with van der Waals surface area (Å²) in [7, 11) is -5.17. The van der Waals surface area contributed by atoms with E-state index >= 15 is 0 Å². The summed E-state index contributed by atoms with van der Waals surface area (Å²) in [5.41, 5.74) is 1.69. The van der Waals surface area contributed by atoms with Gasteiger partial charge < -0.3 is 9.11 Å². The Morgan fingerprint density at radius 3 is 1.41 bits per heavy atom. The van der Waals surface area contributed by atoms with E-state index in [1.165, 1.54) is 5.56 Å². The summed E-state index contributed by atoms with van der Waals surface area (Å²) in [6, 6.07) is 10.6. The standard InChI is InChI=1S/C10H14.2Li.H2O4S/c1-10(2,3)9-7-5-4-6-8-9;;;1-5(2,3)4/h4-8H,1-3H3;;;(H2,1,2,3,4)/q;2*+1;/p-2. The number of rotatable bonds is 0.